The number of rotatable bonds is 2. The molecule has 1 aromatic carbocycles. The lowest BCUT2D eigenvalue weighted by Crippen LogP contribution is -2.39. The Balaban J connectivity index is 1.85. The van der Waals surface area contributed by atoms with Gasteiger partial charge in [-0.1, -0.05) is 30.3 Å². The van der Waals surface area contributed by atoms with Gasteiger partial charge in [0, 0.05) is 26.3 Å². The van der Waals surface area contributed by atoms with Gasteiger partial charge in [-0.05, 0) is 12.5 Å². The number of benzene rings is 1. The molecular formula is C17H21N5O2. The standard InChI is InChI=1S/C17H21N5O2/c1-12-14(11-21(2)20-12)19-17(24)22-9-8-18-16(23)10-15(22)13-6-4-3-5-7-13/h3-7,11,15H,8-10H2,1-2H3,(H,18,23)(H,19,24)/t15-/m1/s1. The molecule has 24 heavy (non-hydrogen) atoms. The minimum Gasteiger partial charge on any atom is -0.354 e. The highest BCUT2D eigenvalue weighted by Gasteiger charge is 2.30. The summed E-state index contributed by atoms with van der Waals surface area (Å²) in [5.41, 5.74) is 2.39. The van der Waals surface area contributed by atoms with Gasteiger partial charge in [-0.3, -0.25) is 9.48 Å². The van der Waals surface area contributed by atoms with Crippen molar-refractivity contribution in [1.29, 1.82) is 0 Å². The molecule has 7 heteroatoms. The molecule has 1 aliphatic heterocycles. The van der Waals surface area contributed by atoms with Crippen LogP contribution in [-0.4, -0.2) is 39.7 Å². The number of carbonyl (C=O) groups is 2. The maximum absolute atomic E-state index is 12.8. The summed E-state index contributed by atoms with van der Waals surface area (Å²) < 4.78 is 1.66. The van der Waals surface area contributed by atoms with Crippen molar-refractivity contribution in [3.05, 3.63) is 47.8 Å². The van der Waals surface area contributed by atoms with E-state index in [4.69, 9.17) is 0 Å². The van der Waals surface area contributed by atoms with E-state index in [-0.39, 0.29) is 24.4 Å². The maximum Gasteiger partial charge on any atom is 0.322 e. The Morgan fingerprint density at radius 2 is 2.08 bits per heavy atom. The third-order valence-electron chi connectivity index (χ3n) is 4.13. The minimum absolute atomic E-state index is 0.0447. The summed E-state index contributed by atoms with van der Waals surface area (Å²) in [7, 11) is 1.81. The van der Waals surface area contributed by atoms with Crippen molar-refractivity contribution in [3.8, 4) is 0 Å². The molecule has 7 nitrogen and oxygen atoms in total. The topological polar surface area (TPSA) is 79.3 Å². The predicted octanol–water partition coefficient (Wildman–Crippen LogP) is 1.82. The molecule has 0 aliphatic carbocycles. The first kappa shape index (κ1) is 16.0. The number of aryl methyl sites for hydroxylation is 2. The molecule has 1 aromatic heterocycles. The molecule has 0 spiro atoms. The van der Waals surface area contributed by atoms with Crippen LogP contribution in [0.3, 0.4) is 0 Å². The molecule has 0 saturated carbocycles. The molecule has 1 fully saturated rings. The first-order chi connectivity index (χ1) is 11.5. The molecule has 2 N–H and O–H groups in total. The van der Waals surface area contributed by atoms with E-state index in [0.717, 1.165) is 11.3 Å². The van der Waals surface area contributed by atoms with Gasteiger partial charge in [0.2, 0.25) is 5.91 Å². The highest BCUT2D eigenvalue weighted by atomic mass is 16.2. The van der Waals surface area contributed by atoms with Gasteiger partial charge < -0.3 is 15.5 Å². The Morgan fingerprint density at radius 3 is 2.75 bits per heavy atom. The molecule has 3 rings (SSSR count). The van der Waals surface area contributed by atoms with Crippen LogP contribution in [0.1, 0.15) is 23.7 Å². The largest absolute Gasteiger partial charge is 0.354 e. The molecular weight excluding hydrogens is 306 g/mol. The number of urea groups is 1. The van der Waals surface area contributed by atoms with Crippen LogP contribution >= 0.6 is 0 Å². The summed E-state index contributed by atoms with van der Waals surface area (Å²) in [6.07, 6.45) is 2.02. The normalized spacial score (nSPS) is 18.0. The Labute approximate surface area is 140 Å². The van der Waals surface area contributed by atoms with Crippen molar-refractivity contribution in [2.24, 2.45) is 7.05 Å². The van der Waals surface area contributed by atoms with Crippen LogP contribution in [0.4, 0.5) is 10.5 Å². The Morgan fingerprint density at radius 1 is 1.33 bits per heavy atom. The van der Waals surface area contributed by atoms with Gasteiger partial charge in [0.15, 0.2) is 0 Å². The van der Waals surface area contributed by atoms with E-state index in [1.54, 1.807) is 15.8 Å². The highest BCUT2D eigenvalue weighted by molar-refractivity contribution is 5.91. The van der Waals surface area contributed by atoms with Crippen molar-refractivity contribution in [3.63, 3.8) is 0 Å². The van der Waals surface area contributed by atoms with Crippen LogP contribution in [0, 0.1) is 6.92 Å². The lowest BCUT2D eigenvalue weighted by atomic mass is 10.0. The molecule has 0 bridgehead atoms. The molecule has 0 unspecified atom stereocenters. The average molecular weight is 327 g/mol. The highest BCUT2D eigenvalue weighted by Crippen LogP contribution is 2.26. The first-order valence-corrected chi connectivity index (χ1v) is 7.94. The fourth-order valence-electron chi connectivity index (χ4n) is 2.95. The van der Waals surface area contributed by atoms with Gasteiger partial charge in [-0.15, -0.1) is 0 Å². The number of hydrogen-bond donors (Lipinski definition) is 2. The number of hydrogen-bond acceptors (Lipinski definition) is 3. The van der Waals surface area contributed by atoms with E-state index in [0.29, 0.717) is 18.8 Å². The summed E-state index contributed by atoms with van der Waals surface area (Å²) >= 11 is 0. The Hall–Kier alpha value is -2.83. The Kier molecular flexibility index (Phi) is 4.50. The van der Waals surface area contributed by atoms with Crippen LogP contribution in [0.25, 0.3) is 0 Å². The van der Waals surface area contributed by atoms with E-state index >= 15 is 0 Å². The fraction of sp³-hybridized carbons (Fsp3) is 0.353. The lowest BCUT2D eigenvalue weighted by Gasteiger charge is -2.29. The van der Waals surface area contributed by atoms with Crippen LogP contribution < -0.4 is 10.6 Å². The monoisotopic (exact) mass is 327 g/mol. The quantitative estimate of drug-likeness (QED) is 0.883. The van der Waals surface area contributed by atoms with Gasteiger partial charge in [-0.2, -0.15) is 5.10 Å². The summed E-state index contributed by atoms with van der Waals surface area (Å²) in [5.74, 6) is -0.0447. The smallest absolute Gasteiger partial charge is 0.322 e. The zero-order valence-electron chi connectivity index (χ0n) is 13.8. The second-order valence-corrected chi connectivity index (χ2v) is 5.91. The summed E-state index contributed by atoms with van der Waals surface area (Å²) in [5, 5.41) is 9.97. The molecule has 0 radical (unpaired) electrons. The second-order valence-electron chi connectivity index (χ2n) is 5.91. The van der Waals surface area contributed by atoms with Gasteiger partial charge in [-0.25, -0.2) is 4.79 Å². The number of nitrogens with zero attached hydrogens (tertiary/aromatic N) is 3. The van der Waals surface area contributed by atoms with E-state index in [1.165, 1.54) is 0 Å². The van der Waals surface area contributed by atoms with Crippen LogP contribution in [-0.2, 0) is 11.8 Å². The summed E-state index contributed by atoms with van der Waals surface area (Å²) in [4.78, 5) is 26.5. The van der Waals surface area contributed by atoms with Gasteiger partial charge in [0.05, 0.1) is 23.8 Å². The van der Waals surface area contributed by atoms with E-state index in [9.17, 15) is 9.59 Å². The zero-order chi connectivity index (χ0) is 17.1. The molecule has 126 valence electrons. The SMILES string of the molecule is Cc1nn(C)cc1NC(=O)N1CCNC(=O)C[C@@H]1c1ccccc1. The molecule has 2 heterocycles. The maximum atomic E-state index is 12.8. The number of amides is 3. The first-order valence-electron chi connectivity index (χ1n) is 7.94. The number of nitrogens with one attached hydrogen (secondary N) is 2. The third-order valence-corrected chi connectivity index (χ3v) is 4.13. The van der Waals surface area contributed by atoms with Crippen molar-refractivity contribution >= 4 is 17.6 Å². The van der Waals surface area contributed by atoms with Crippen molar-refractivity contribution < 1.29 is 9.59 Å². The van der Waals surface area contributed by atoms with Crippen molar-refractivity contribution in [2.45, 2.75) is 19.4 Å². The average Bonchev–Trinajstić information content (AvgIpc) is 2.76. The van der Waals surface area contributed by atoms with Crippen molar-refractivity contribution in [2.75, 3.05) is 18.4 Å². The second kappa shape index (κ2) is 6.74. The zero-order valence-corrected chi connectivity index (χ0v) is 13.8. The molecule has 1 atom stereocenters. The number of carbonyl (C=O) groups excluding carboxylic acids is 2. The van der Waals surface area contributed by atoms with Gasteiger partial charge in [0.25, 0.3) is 0 Å². The van der Waals surface area contributed by atoms with Gasteiger partial charge >= 0.3 is 6.03 Å². The summed E-state index contributed by atoms with van der Waals surface area (Å²) in [6.45, 7) is 2.75. The summed E-state index contributed by atoms with van der Waals surface area (Å²) in [6, 6.07) is 9.13. The molecule has 1 saturated heterocycles. The lowest BCUT2D eigenvalue weighted by molar-refractivity contribution is -0.121. The number of anilines is 1. The van der Waals surface area contributed by atoms with Crippen LogP contribution in [0.15, 0.2) is 36.5 Å². The fourth-order valence-corrected chi connectivity index (χ4v) is 2.95. The van der Waals surface area contributed by atoms with Crippen LogP contribution in [0.5, 0.6) is 0 Å². The van der Waals surface area contributed by atoms with E-state index in [1.807, 2.05) is 44.3 Å². The molecule has 1 aliphatic rings. The third kappa shape index (κ3) is 3.40. The minimum atomic E-state index is -0.286. The van der Waals surface area contributed by atoms with E-state index in [2.05, 4.69) is 15.7 Å². The van der Waals surface area contributed by atoms with Crippen LogP contribution in [0.2, 0.25) is 0 Å². The Bertz CT molecular complexity index is 741. The molecule has 2 aromatic rings. The van der Waals surface area contributed by atoms with E-state index < -0.39 is 0 Å². The van der Waals surface area contributed by atoms with Crippen molar-refractivity contribution in [1.82, 2.24) is 20.0 Å². The van der Waals surface area contributed by atoms with Gasteiger partial charge in [0.1, 0.15) is 0 Å². The molecule has 3 amide bonds. The predicted molar refractivity (Wildman–Crippen MR) is 90.5 cm³/mol. The number of aromatic nitrogens is 2.